The summed E-state index contributed by atoms with van der Waals surface area (Å²) in [7, 11) is 2.68. The smallest absolute Gasteiger partial charge is 0.407 e. The summed E-state index contributed by atoms with van der Waals surface area (Å²) in [5.74, 6) is 1.42. The quantitative estimate of drug-likeness (QED) is 0.0975. The molecule has 0 bridgehead atoms. The van der Waals surface area contributed by atoms with Crippen molar-refractivity contribution in [2.24, 2.45) is 5.92 Å². The van der Waals surface area contributed by atoms with Crippen LogP contribution >= 0.6 is 0 Å². The molecular formula is C44H53N9O5. The van der Waals surface area contributed by atoms with E-state index < -0.39 is 18.2 Å². The Morgan fingerprint density at radius 3 is 1.84 bits per heavy atom. The number of H-pyrrole nitrogens is 2. The van der Waals surface area contributed by atoms with E-state index in [1.807, 2.05) is 49.3 Å². The van der Waals surface area contributed by atoms with Gasteiger partial charge >= 0.3 is 12.2 Å². The van der Waals surface area contributed by atoms with E-state index in [1.54, 1.807) is 6.20 Å². The SMILES string of the molecule is COC(=O)N[C@@H](Cc1ccccn1)C(C)N1CCC[C@H]1c1ncc(-c2ccc(-c3ccc(-c4cnc([C@@H]5CCCN5C(=O)[C@@H](NC(=O)OC)C(C)C)[nH]4)cc3)cc2)[nH]1. The number of rotatable bonds is 13. The lowest BCUT2D eigenvalue weighted by molar-refractivity contribution is -0.135. The van der Waals surface area contributed by atoms with Crippen LogP contribution in [0.15, 0.2) is 85.3 Å². The highest BCUT2D eigenvalue weighted by molar-refractivity contribution is 5.86. The van der Waals surface area contributed by atoms with E-state index in [2.05, 4.69) is 90.9 Å². The number of benzene rings is 2. The van der Waals surface area contributed by atoms with E-state index in [4.69, 9.17) is 14.5 Å². The second-order valence-electron chi connectivity index (χ2n) is 15.5. The number of pyridine rings is 1. The van der Waals surface area contributed by atoms with Gasteiger partial charge in [-0.1, -0.05) is 68.4 Å². The number of hydrogen-bond donors (Lipinski definition) is 4. The van der Waals surface area contributed by atoms with Crippen LogP contribution in [0.4, 0.5) is 9.59 Å². The number of ether oxygens (including phenoxy) is 2. The van der Waals surface area contributed by atoms with Gasteiger partial charge in [0.05, 0.1) is 56.1 Å². The predicted octanol–water partition coefficient (Wildman–Crippen LogP) is 7.07. The zero-order chi connectivity index (χ0) is 40.8. The fourth-order valence-electron chi connectivity index (χ4n) is 8.28. The maximum Gasteiger partial charge on any atom is 0.407 e. The number of nitrogens with zero attached hydrogens (tertiary/aromatic N) is 5. The molecule has 7 rings (SSSR count). The van der Waals surface area contributed by atoms with E-state index in [0.29, 0.717) is 13.0 Å². The summed E-state index contributed by atoms with van der Waals surface area (Å²) in [6.07, 6.45) is 8.65. The maximum absolute atomic E-state index is 13.6. The van der Waals surface area contributed by atoms with Crippen molar-refractivity contribution in [2.45, 2.75) is 83.1 Å². The van der Waals surface area contributed by atoms with Gasteiger partial charge in [0.1, 0.15) is 17.7 Å². The summed E-state index contributed by atoms with van der Waals surface area (Å²) in [6.45, 7) is 7.46. The van der Waals surface area contributed by atoms with Crippen molar-refractivity contribution in [3.05, 3.63) is 103 Å². The number of nitrogens with one attached hydrogen (secondary N) is 4. The largest absolute Gasteiger partial charge is 0.453 e. The van der Waals surface area contributed by atoms with Crippen LogP contribution in [0.25, 0.3) is 33.6 Å². The van der Waals surface area contributed by atoms with Gasteiger partial charge in [-0.25, -0.2) is 19.6 Å². The van der Waals surface area contributed by atoms with Crippen molar-refractivity contribution in [3.63, 3.8) is 0 Å². The number of alkyl carbamates (subject to hydrolysis) is 2. The number of aromatic amines is 2. The molecule has 2 aliphatic rings. The Hall–Kier alpha value is -6.02. The molecule has 0 radical (unpaired) electrons. The lowest BCUT2D eigenvalue weighted by Gasteiger charge is -2.35. The molecule has 3 amide bonds. The highest BCUT2D eigenvalue weighted by atomic mass is 16.5. The number of imidazole rings is 2. The van der Waals surface area contributed by atoms with Crippen LogP contribution in [-0.4, -0.2) is 98.2 Å². The topological polar surface area (TPSA) is 170 Å². The second-order valence-corrected chi connectivity index (χ2v) is 15.5. The van der Waals surface area contributed by atoms with E-state index >= 15 is 0 Å². The summed E-state index contributed by atoms with van der Waals surface area (Å²) in [5, 5.41) is 5.75. The zero-order valence-corrected chi connectivity index (χ0v) is 33.8. The molecule has 5 aromatic rings. The summed E-state index contributed by atoms with van der Waals surface area (Å²) >= 11 is 0. The van der Waals surface area contributed by atoms with Crippen LogP contribution in [-0.2, 0) is 20.7 Å². The van der Waals surface area contributed by atoms with E-state index in [0.717, 1.165) is 83.2 Å². The Morgan fingerprint density at radius 1 is 0.724 bits per heavy atom. The van der Waals surface area contributed by atoms with Crippen LogP contribution in [0.1, 0.15) is 75.9 Å². The molecule has 4 N–H and O–H groups in total. The molecule has 5 heterocycles. The fraction of sp³-hybridized carbons (Fsp3) is 0.409. The third kappa shape index (κ3) is 8.91. The van der Waals surface area contributed by atoms with Crippen molar-refractivity contribution in [2.75, 3.05) is 27.3 Å². The third-order valence-electron chi connectivity index (χ3n) is 11.5. The monoisotopic (exact) mass is 787 g/mol. The second kappa shape index (κ2) is 18.1. The number of amides is 3. The molecule has 14 nitrogen and oxygen atoms in total. The van der Waals surface area contributed by atoms with E-state index in [-0.39, 0.29) is 36.0 Å². The van der Waals surface area contributed by atoms with Gasteiger partial charge in [-0.3, -0.25) is 14.7 Å². The van der Waals surface area contributed by atoms with Crippen molar-refractivity contribution >= 4 is 18.1 Å². The minimum atomic E-state index is -0.681. The molecule has 2 saturated heterocycles. The molecule has 5 atom stereocenters. The first-order valence-electron chi connectivity index (χ1n) is 20.1. The van der Waals surface area contributed by atoms with Gasteiger partial charge < -0.3 is 35.0 Å². The molecule has 1 unspecified atom stereocenters. The van der Waals surface area contributed by atoms with Gasteiger partial charge in [-0.2, -0.15) is 0 Å². The van der Waals surface area contributed by atoms with Gasteiger partial charge in [-0.15, -0.1) is 0 Å². The molecule has 2 aliphatic heterocycles. The van der Waals surface area contributed by atoms with E-state index in [1.165, 1.54) is 14.2 Å². The summed E-state index contributed by atoms with van der Waals surface area (Å²) in [6, 6.07) is 21.7. The first kappa shape index (κ1) is 40.2. The minimum Gasteiger partial charge on any atom is -0.453 e. The lowest BCUT2D eigenvalue weighted by atomic mass is 10.0. The Bertz CT molecular complexity index is 2150. The van der Waals surface area contributed by atoms with Crippen LogP contribution in [0, 0.1) is 5.92 Å². The summed E-state index contributed by atoms with van der Waals surface area (Å²) in [4.78, 5) is 63.2. The normalized spacial score (nSPS) is 18.5. The molecule has 0 aliphatic carbocycles. The maximum atomic E-state index is 13.6. The van der Waals surface area contributed by atoms with Gasteiger partial charge in [0.15, 0.2) is 0 Å². The Balaban J connectivity index is 0.998. The molecular weight excluding hydrogens is 735 g/mol. The molecule has 2 aromatic carbocycles. The molecule has 2 fully saturated rings. The van der Waals surface area contributed by atoms with Crippen LogP contribution in [0.2, 0.25) is 0 Å². The predicted molar refractivity (Wildman–Crippen MR) is 220 cm³/mol. The van der Waals surface area contributed by atoms with Crippen LogP contribution in [0.3, 0.4) is 0 Å². The van der Waals surface area contributed by atoms with Gasteiger partial charge in [0, 0.05) is 30.9 Å². The third-order valence-corrected chi connectivity index (χ3v) is 11.5. The Labute approximate surface area is 339 Å². The van der Waals surface area contributed by atoms with Crippen LogP contribution < -0.4 is 10.6 Å². The molecule has 14 heteroatoms. The fourth-order valence-corrected chi connectivity index (χ4v) is 8.28. The molecule has 0 spiro atoms. The first-order chi connectivity index (χ1) is 28.1. The van der Waals surface area contributed by atoms with Gasteiger partial charge in [0.2, 0.25) is 5.91 Å². The number of methoxy groups -OCH3 is 2. The molecule has 0 saturated carbocycles. The van der Waals surface area contributed by atoms with Crippen molar-refractivity contribution in [3.8, 4) is 33.6 Å². The summed E-state index contributed by atoms with van der Waals surface area (Å²) in [5.41, 5.74) is 6.95. The number of aromatic nitrogens is 5. The molecule has 304 valence electrons. The van der Waals surface area contributed by atoms with E-state index in [9.17, 15) is 14.4 Å². The standard InChI is InChI=1S/C44H53N9O5/c1-27(2)39(51-44(56)58-5)42(54)53-23-9-12-38(53)41-47-26-36(49-41)32-19-15-30(16-20-32)29-13-17-31(18-14-29)35-25-46-40(48-35)37-11-8-22-52(37)28(3)34(50-43(55)57-4)24-33-10-6-7-21-45-33/h6-7,10,13-21,25-28,34,37-39H,8-9,11-12,22-24H2,1-5H3,(H,46,48)(H,47,49)(H,50,55)(H,51,56)/t28?,34-,37-,38-,39-/m0/s1. The van der Waals surface area contributed by atoms with Gasteiger partial charge in [-0.05, 0) is 79.5 Å². The van der Waals surface area contributed by atoms with Crippen molar-refractivity contribution in [1.29, 1.82) is 0 Å². The number of carbonyl (C=O) groups is 3. The first-order valence-corrected chi connectivity index (χ1v) is 20.1. The minimum absolute atomic E-state index is 0.0114. The summed E-state index contributed by atoms with van der Waals surface area (Å²) < 4.78 is 9.73. The number of carbonyl (C=O) groups excluding carboxylic acids is 3. The Morgan fingerprint density at radius 2 is 1.28 bits per heavy atom. The number of likely N-dealkylation sites (tertiary alicyclic amines) is 2. The highest BCUT2D eigenvalue weighted by Gasteiger charge is 2.38. The number of hydrogen-bond acceptors (Lipinski definition) is 9. The van der Waals surface area contributed by atoms with Crippen molar-refractivity contribution in [1.82, 2.24) is 45.4 Å². The van der Waals surface area contributed by atoms with Gasteiger partial charge in [0.25, 0.3) is 0 Å². The average molecular weight is 788 g/mol. The molecule has 3 aromatic heterocycles. The Kier molecular flexibility index (Phi) is 12.5. The average Bonchev–Trinajstić information content (AvgIpc) is 4.09. The van der Waals surface area contributed by atoms with Crippen molar-refractivity contribution < 1.29 is 23.9 Å². The zero-order valence-electron chi connectivity index (χ0n) is 33.8. The van der Waals surface area contributed by atoms with Crippen LogP contribution in [0.5, 0.6) is 0 Å². The highest BCUT2D eigenvalue weighted by Crippen LogP contribution is 2.36. The lowest BCUT2D eigenvalue weighted by Crippen LogP contribution is -2.51. The molecule has 58 heavy (non-hydrogen) atoms.